The number of amides is 1. The number of hydrogen-bond acceptors (Lipinski definition) is 1. The summed E-state index contributed by atoms with van der Waals surface area (Å²) in [5, 5.41) is 2.40. The Morgan fingerprint density at radius 2 is 1.94 bits per heavy atom. The molecule has 0 saturated carbocycles. The molecule has 2 N–H and O–H groups in total. The third kappa shape index (κ3) is 2.77. The van der Waals surface area contributed by atoms with Gasteiger partial charge in [-0.1, -0.05) is 54.6 Å². The molecule has 0 radical (unpaired) electrons. The maximum Gasteiger partial charge on any atom is 0.224 e. The number of nitrogens with two attached hydrogens (primary N) is 1. The minimum Gasteiger partial charge on any atom is -0.369 e. The van der Waals surface area contributed by atoms with Crippen molar-refractivity contribution < 1.29 is 4.79 Å². The van der Waals surface area contributed by atoms with Crippen molar-refractivity contribution in [2.75, 3.05) is 0 Å². The highest BCUT2D eigenvalue weighted by Crippen LogP contribution is 2.18. The van der Waals surface area contributed by atoms with Gasteiger partial charge in [-0.15, -0.1) is 0 Å². The Morgan fingerprint density at radius 3 is 2.61 bits per heavy atom. The van der Waals surface area contributed by atoms with Crippen LogP contribution in [0.2, 0.25) is 0 Å². The molecule has 2 rings (SSSR count). The first kappa shape index (κ1) is 12.4. The largest absolute Gasteiger partial charge is 0.369 e. The molecule has 1 atom stereocenters. The number of benzene rings is 2. The summed E-state index contributed by atoms with van der Waals surface area (Å²) in [6.07, 6.45) is 4.39. The monoisotopic (exact) mass is 239 g/mol. The highest BCUT2D eigenvalue weighted by molar-refractivity contribution is 5.83. The lowest BCUT2D eigenvalue weighted by Crippen LogP contribution is -2.23. The zero-order chi connectivity index (χ0) is 13.0. The SMILES string of the molecule is C/C=C/[C@H](Cc1ccc2ccccc2c1)C(N)=O. The van der Waals surface area contributed by atoms with Crippen LogP contribution in [0.25, 0.3) is 10.8 Å². The van der Waals surface area contributed by atoms with Gasteiger partial charge in [-0.2, -0.15) is 0 Å². The van der Waals surface area contributed by atoms with E-state index in [0.29, 0.717) is 6.42 Å². The quantitative estimate of drug-likeness (QED) is 0.819. The predicted molar refractivity (Wildman–Crippen MR) is 75.2 cm³/mol. The Balaban J connectivity index is 2.28. The number of primary amides is 1. The highest BCUT2D eigenvalue weighted by Gasteiger charge is 2.12. The molecule has 2 aromatic rings. The van der Waals surface area contributed by atoms with Gasteiger partial charge in [0.05, 0.1) is 5.92 Å². The summed E-state index contributed by atoms with van der Waals surface area (Å²) in [5.41, 5.74) is 6.53. The molecule has 18 heavy (non-hydrogen) atoms. The van der Waals surface area contributed by atoms with Crippen LogP contribution in [0.15, 0.2) is 54.6 Å². The van der Waals surface area contributed by atoms with E-state index in [-0.39, 0.29) is 11.8 Å². The Hall–Kier alpha value is -2.09. The Morgan fingerprint density at radius 1 is 1.22 bits per heavy atom. The highest BCUT2D eigenvalue weighted by atomic mass is 16.1. The van der Waals surface area contributed by atoms with E-state index in [2.05, 4.69) is 30.3 Å². The molecule has 0 aliphatic heterocycles. The molecule has 0 bridgehead atoms. The normalized spacial score (nSPS) is 12.9. The van der Waals surface area contributed by atoms with E-state index in [9.17, 15) is 4.79 Å². The average molecular weight is 239 g/mol. The van der Waals surface area contributed by atoms with Gasteiger partial charge in [0.2, 0.25) is 5.91 Å². The Bertz CT molecular complexity index is 586. The average Bonchev–Trinajstić information content (AvgIpc) is 2.38. The van der Waals surface area contributed by atoms with Crippen LogP contribution in [-0.4, -0.2) is 5.91 Å². The molecule has 0 fully saturated rings. The summed E-state index contributed by atoms with van der Waals surface area (Å²) < 4.78 is 0. The number of allylic oxidation sites excluding steroid dienone is 1. The van der Waals surface area contributed by atoms with E-state index < -0.39 is 0 Å². The zero-order valence-corrected chi connectivity index (χ0v) is 10.5. The van der Waals surface area contributed by atoms with Crippen LogP contribution in [0.4, 0.5) is 0 Å². The molecule has 0 spiro atoms. The number of carbonyl (C=O) groups is 1. The number of carbonyl (C=O) groups excluding carboxylic acids is 1. The molecule has 92 valence electrons. The number of fused-ring (bicyclic) bond motifs is 1. The summed E-state index contributed by atoms with van der Waals surface area (Å²) in [6.45, 7) is 1.90. The van der Waals surface area contributed by atoms with Crippen molar-refractivity contribution in [3.63, 3.8) is 0 Å². The fourth-order valence-corrected chi connectivity index (χ4v) is 2.12. The Kier molecular flexibility index (Phi) is 3.78. The van der Waals surface area contributed by atoms with Crippen LogP contribution in [0.5, 0.6) is 0 Å². The minimum atomic E-state index is -0.277. The Labute approximate surface area is 107 Å². The maximum absolute atomic E-state index is 11.3. The molecular weight excluding hydrogens is 222 g/mol. The van der Waals surface area contributed by atoms with Crippen molar-refractivity contribution in [1.82, 2.24) is 0 Å². The third-order valence-corrected chi connectivity index (χ3v) is 3.06. The van der Waals surface area contributed by atoms with Gasteiger partial charge in [-0.3, -0.25) is 4.79 Å². The van der Waals surface area contributed by atoms with Gasteiger partial charge >= 0.3 is 0 Å². The van der Waals surface area contributed by atoms with Crippen LogP contribution >= 0.6 is 0 Å². The molecule has 2 nitrogen and oxygen atoms in total. The third-order valence-electron chi connectivity index (χ3n) is 3.06. The zero-order valence-electron chi connectivity index (χ0n) is 10.5. The molecule has 0 aliphatic rings. The first-order valence-electron chi connectivity index (χ1n) is 6.10. The van der Waals surface area contributed by atoms with Crippen molar-refractivity contribution >= 4 is 16.7 Å². The van der Waals surface area contributed by atoms with Gasteiger partial charge in [0.15, 0.2) is 0 Å². The second-order valence-electron chi connectivity index (χ2n) is 4.42. The standard InChI is InChI=1S/C16H17NO/c1-2-5-15(16(17)18)11-12-8-9-13-6-3-4-7-14(13)10-12/h2-10,15H,11H2,1H3,(H2,17,18)/b5-2+/t15-/m1/s1. The number of hydrogen-bond donors (Lipinski definition) is 1. The summed E-state index contributed by atoms with van der Waals surface area (Å²) in [6, 6.07) is 14.5. The van der Waals surface area contributed by atoms with Crippen LogP contribution in [0, 0.1) is 5.92 Å². The van der Waals surface area contributed by atoms with Crippen LogP contribution in [-0.2, 0) is 11.2 Å². The molecule has 0 aromatic heterocycles. The molecule has 0 aliphatic carbocycles. The van der Waals surface area contributed by atoms with Gasteiger partial charge in [0.25, 0.3) is 0 Å². The first-order chi connectivity index (χ1) is 8.70. The van der Waals surface area contributed by atoms with Crippen LogP contribution < -0.4 is 5.73 Å². The lowest BCUT2D eigenvalue weighted by Gasteiger charge is -2.09. The first-order valence-corrected chi connectivity index (χ1v) is 6.10. The predicted octanol–water partition coefficient (Wildman–Crippen LogP) is 3.06. The van der Waals surface area contributed by atoms with Gasteiger partial charge < -0.3 is 5.73 Å². The fraction of sp³-hybridized carbons (Fsp3) is 0.188. The van der Waals surface area contributed by atoms with Gasteiger partial charge in [0.1, 0.15) is 0 Å². The van der Waals surface area contributed by atoms with E-state index in [1.165, 1.54) is 10.8 Å². The van der Waals surface area contributed by atoms with Crippen molar-refractivity contribution in [2.45, 2.75) is 13.3 Å². The van der Waals surface area contributed by atoms with Gasteiger partial charge in [0, 0.05) is 0 Å². The smallest absolute Gasteiger partial charge is 0.224 e. The lowest BCUT2D eigenvalue weighted by molar-refractivity contribution is -0.120. The van der Waals surface area contributed by atoms with E-state index in [1.54, 1.807) is 0 Å². The van der Waals surface area contributed by atoms with Crippen molar-refractivity contribution in [3.8, 4) is 0 Å². The van der Waals surface area contributed by atoms with Gasteiger partial charge in [-0.25, -0.2) is 0 Å². The lowest BCUT2D eigenvalue weighted by atomic mass is 9.96. The maximum atomic E-state index is 11.3. The minimum absolute atomic E-state index is 0.226. The molecule has 2 heteroatoms. The number of rotatable bonds is 4. The van der Waals surface area contributed by atoms with E-state index in [0.717, 1.165) is 5.56 Å². The van der Waals surface area contributed by atoms with Crippen molar-refractivity contribution in [1.29, 1.82) is 0 Å². The van der Waals surface area contributed by atoms with Crippen LogP contribution in [0.1, 0.15) is 12.5 Å². The van der Waals surface area contributed by atoms with Crippen molar-refractivity contribution in [3.05, 3.63) is 60.2 Å². The summed E-state index contributed by atoms with van der Waals surface area (Å²) in [7, 11) is 0. The van der Waals surface area contributed by atoms with Gasteiger partial charge in [-0.05, 0) is 29.7 Å². The molecule has 0 heterocycles. The van der Waals surface area contributed by atoms with E-state index in [1.807, 2.05) is 31.2 Å². The second-order valence-corrected chi connectivity index (χ2v) is 4.42. The van der Waals surface area contributed by atoms with E-state index in [4.69, 9.17) is 5.73 Å². The summed E-state index contributed by atoms with van der Waals surface area (Å²) >= 11 is 0. The van der Waals surface area contributed by atoms with Crippen LogP contribution in [0.3, 0.4) is 0 Å². The topological polar surface area (TPSA) is 43.1 Å². The second kappa shape index (κ2) is 5.50. The van der Waals surface area contributed by atoms with E-state index >= 15 is 0 Å². The summed E-state index contributed by atoms with van der Waals surface area (Å²) in [4.78, 5) is 11.3. The molecule has 1 amide bonds. The molecule has 0 saturated heterocycles. The summed E-state index contributed by atoms with van der Waals surface area (Å²) in [5.74, 6) is -0.502. The molecule has 0 unspecified atom stereocenters. The molecular formula is C16H17NO. The fourth-order valence-electron chi connectivity index (χ4n) is 2.12. The molecule has 2 aromatic carbocycles. The van der Waals surface area contributed by atoms with Crippen molar-refractivity contribution in [2.24, 2.45) is 11.7 Å².